The summed E-state index contributed by atoms with van der Waals surface area (Å²) in [6.07, 6.45) is 79.3. The third-order valence-corrected chi connectivity index (χ3v) is 21.9. The van der Waals surface area contributed by atoms with E-state index in [0.29, 0.717) is 12.8 Å². The average Bonchev–Trinajstić information content (AvgIpc) is 0.790. The van der Waals surface area contributed by atoms with E-state index >= 15 is 0 Å². The number of nitrogens with one attached hydrogen (secondary N) is 1. The normalized spacial score (nSPS) is 21.7. The van der Waals surface area contributed by atoms with Gasteiger partial charge in [-0.05, 0) is 51.4 Å². The highest BCUT2D eigenvalue weighted by molar-refractivity contribution is 5.76. The van der Waals surface area contributed by atoms with Crippen molar-refractivity contribution in [3.8, 4) is 0 Å². The van der Waals surface area contributed by atoms with E-state index in [-0.39, 0.29) is 12.5 Å². The Labute approximate surface area is 627 Å². The van der Waals surface area contributed by atoms with E-state index in [1.54, 1.807) is 0 Å². The maximum atomic E-state index is 13.4. The number of carbonyl (C=O) groups is 1. The molecule has 102 heavy (non-hydrogen) atoms. The Bertz CT molecular complexity index is 1850. The lowest BCUT2D eigenvalue weighted by molar-refractivity contribution is -0.359. The summed E-state index contributed by atoms with van der Waals surface area (Å²) in [5.74, 6) is -0.197. The molecule has 0 spiro atoms. The van der Waals surface area contributed by atoms with E-state index < -0.39 is 86.8 Å². The van der Waals surface area contributed by atoms with Crippen LogP contribution in [0.4, 0.5) is 0 Å². The second kappa shape index (κ2) is 72.1. The summed E-state index contributed by atoms with van der Waals surface area (Å²) in [7, 11) is 0. The van der Waals surface area contributed by atoms with Gasteiger partial charge in [0.05, 0.1) is 32.0 Å². The first kappa shape index (κ1) is 96.3. The second-order valence-corrected chi connectivity index (χ2v) is 31.4. The number of unbranched alkanes of at least 4 members (excludes halogenated alkanes) is 57. The van der Waals surface area contributed by atoms with E-state index in [0.717, 1.165) is 64.2 Å². The molecule has 602 valence electrons. The quantitative estimate of drug-likeness (QED) is 0.0204. The van der Waals surface area contributed by atoms with Crippen molar-refractivity contribution in [3.63, 3.8) is 0 Å². The fourth-order valence-corrected chi connectivity index (χ4v) is 14.9. The molecule has 0 radical (unpaired) electrons. The monoisotopic (exact) mass is 1450 g/mol. The van der Waals surface area contributed by atoms with Gasteiger partial charge < -0.3 is 65.1 Å². The fourth-order valence-electron chi connectivity index (χ4n) is 14.9. The molecular weight excluding hydrogens is 1280 g/mol. The van der Waals surface area contributed by atoms with E-state index in [1.807, 2.05) is 0 Å². The van der Waals surface area contributed by atoms with Gasteiger partial charge in [0.1, 0.15) is 48.8 Å². The Kier molecular flexibility index (Phi) is 68.1. The van der Waals surface area contributed by atoms with Crippen molar-refractivity contribution in [1.82, 2.24) is 5.32 Å². The molecule has 2 heterocycles. The Morgan fingerprint density at radius 1 is 0.353 bits per heavy atom. The molecule has 0 aliphatic carbocycles. The highest BCUT2D eigenvalue weighted by Crippen LogP contribution is 2.31. The van der Waals surface area contributed by atoms with Crippen molar-refractivity contribution in [1.29, 1.82) is 0 Å². The zero-order chi connectivity index (χ0) is 73.7. The summed E-state index contributed by atoms with van der Waals surface area (Å²) < 4.78 is 23.0. The molecule has 2 rings (SSSR count). The summed E-state index contributed by atoms with van der Waals surface area (Å²) in [5, 5.41) is 88.0. The molecule has 2 aliphatic rings. The molecule has 0 aromatic carbocycles. The second-order valence-electron chi connectivity index (χ2n) is 31.4. The van der Waals surface area contributed by atoms with Gasteiger partial charge in [-0.1, -0.05) is 403 Å². The van der Waals surface area contributed by atoms with Crippen LogP contribution in [0.25, 0.3) is 0 Å². The van der Waals surface area contributed by atoms with Crippen LogP contribution in [-0.2, 0) is 23.7 Å². The molecule has 0 aromatic rings. The highest BCUT2D eigenvalue weighted by Gasteiger charge is 2.51. The molecule has 14 nitrogen and oxygen atoms in total. The van der Waals surface area contributed by atoms with Gasteiger partial charge >= 0.3 is 0 Å². The summed E-state index contributed by atoms with van der Waals surface area (Å²) in [4.78, 5) is 13.4. The van der Waals surface area contributed by atoms with Crippen molar-refractivity contribution in [2.75, 3.05) is 19.8 Å². The van der Waals surface area contributed by atoms with Gasteiger partial charge in [-0.15, -0.1) is 0 Å². The number of allylic oxidation sites excluding steroid dienone is 6. The Morgan fingerprint density at radius 3 is 0.990 bits per heavy atom. The zero-order valence-electron chi connectivity index (χ0n) is 66.4. The lowest BCUT2D eigenvalue weighted by Crippen LogP contribution is -2.65. The minimum absolute atomic E-state index is 0.197. The van der Waals surface area contributed by atoms with Crippen LogP contribution in [0.1, 0.15) is 425 Å². The van der Waals surface area contributed by atoms with E-state index in [1.165, 1.54) is 334 Å². The minimum atomic E-state index is -1.78. The number of aliphatic hydroxyl groups is 8. The van der Waals surface area contributed by atoms with Crippen molar-refractivity contribution < 1.29 is 64.6 Å². The van der Waals surface area contributed by atoms with E-state index in [4.69, 9.17) is 18.9 Å². The first-order valence-corrected chi connectivity index (χ1v) is 44.2. The van der Waals surface area contributed by atoms with Crippen LogP contribution < -0.4 is 5.32 Å². The SMILES string of the molecule is CCCCCCC/C=C\C/C=C\C/C=C\CCCCCCCCCCCCCCCCCCCCCCC(=O)NC(COC1OC(CO)C(OC2OC(CO)C(O)C(O)C2O)C(O)C1O)C(O)CCCCCCCCCCCCCCCCCCCCCCCCCCCCCCCCCCC. The molecule has 0 bridgehead atoms. The molecular formula is C88H167NO13. The topological polar surface area (TPSA) is 228 Å². The molecule has 0 aromatic heterocycles. The number of ether oxygens (including phenoxy) is 4. The molecule has 12 atom stereocenters. The van der Waals surface area contributed by atoms with Gasteiger partial charge in [0.15, 0.2) is 12.6 Å². The number of aliphatic hydroxyl groups excluding tert-OH is 8. The first-order chi connectivity index (χ1) is 50.1. The number of hydrogen-bond acceptors (Lipinski definition) is 13. The summed E-state index contributed by atoms with van der Waals surface area (Å²) in [6.45, 7) is 2.93. The molecule has 1 amide bonds. The van der Waals surface area contributed by atoms with Crippen LogP contribution in [0.2, 0.25) is 0 Å². The predicted molar refractivity (Wildman–Crippen MR) is 425 cm³/mol. The predicted octanol–water partition coefficient (Wildman–Crippen LogP) is 21.1. The van der Waals surface area contributed by atoms with E-state index in [2.05, 4.69) is 55.6 Å². The molecule has 12 unspecified atom stereocenters. The zero-order valence-corrected chi connectivity index (χ0v) is 66.4. The van der Waals surface area contributed by atoms with Crippen molar-refractivity contribution >= 4 is 5.91 Å². The lowest BCUT2D eigenvalue weighted by atomic mass is 9.97. The number of hydrogen-bond donors (Lipinski definition) is 9. The van der Waals surface area contributed by atoms with Crippen molar-refractivity contribution in [3.05, 3.63) is 36.5 Å². The van der Waals surface area contributed by atoms with Crippen LogP contribution in [-0.4, -0.2) is 140 Å². The minimum Gasteiger partial charge on any atom is -0.394 e. The number of carbonyl (C=O) groups excluding carboxylic acids is 1. The lowest BCUT2D eigenvalue weighted by Gasteiger charge is -2.46. The smallest absolute Gasteiger partial charge is 0.220 e. The molecule has 2 aliphatic heterocycles. The Morgan fingerprint density at radius 2 is 0.647 bits per heavy atom. The standard InChI is InChI=1S/C88H167NO13/c1-3-5-7-9-11-13-15-17-19-21-23-25-27-29-31-33-35-37-38-40-42-44-46-48-50-52-54-56-58-60-62-64-66-68-70-72-80(93)89-76(75-99-87-85(98)83(96)86(79(74-91)101-87)102-88-84(97)82(95)81(94)78(73-90)100-88)77(92)71-69-67-65-63-61-59-57-55-53-51-49-47-45-43-41-39-36-34-32-30-28-26-24-22-20-18-16-14-12-10-8-6-4-2/h15,17,21,23,27,29,76-79,81-88,90-92,94-98H,3-14,16,18-20,22,24-26,28,30-75H2,1-2H3,(H,89,93)/b17-15-,23-21-,29-27-. The molecule has 2 fully saturated rings. The maximum absolute atomic E-state index is 13.4. The van der Waals surface area contributed by atoms with Crippen LogP contribution in [0, 0.1) is 0 Å². The van der Waals surface area contributed by atoms with Gasteiger partial charge in [-0.25, -0.2) is 0 Å². The van der Waals surface area contributed by atoms with Crippen LogP contribution in [0.3, 0.4) is 0 Å². The largest absolute Gasteiger partial charge is 0.394 e. The summed E-state index contributed by atoms with van der Waals surface area (Å²) in [5.41, 5.74) is 0. The van der Waals surface area contributed by atoms with Crippen molar-refractivity contribution in [2.24, 2.45) is 0 Å². The first-order valence-electron chi connectivity index (χ1n) is 44.2. The number of amides is 1. The fraction of sp³-hybridized carbons (Fsp3) is 0.920. The van der Waals surface area contributed by atoms with Crippen molar-refractivity contribution in [2.45, 2.75) is 498 Å². The van der Waals surface area contributed by atoms with Gasteiger partial charge in [-0.2, -0.15) is 0 Å². The third kappa shape index (κ3) is 53.9. The van der Waals surface area contributed by atoms with Crippen LogP contribution in [0.15, 0.2) is 36.5 Å². The third-order valence-electron chi connectivity index (χ3n) is 21.9. The number of rotatable bonds is 76. The van der Waals surface area contributed by atoms with Gasteiger partial charge in [-0.3, -0.25) is 4.79 Å². The Hall–Kier alpha value is -1.79. The Balaban J connectivity index is 1.56. The molecule has 0 saturated carbocycles. The van der Waals surface area contributed by atoms with Gasteiger partial charge in [0, 0.05) is 6.42 Å². The highest BCUT2D eigenvalue weighted by atomic mass is 16.7. The molecule has 9 N–H and O–H groups in total. The molecule has 2 saturated heterocycles. The average molecular weight is 1450 g/mol. The summed E-state index contributed by atoms with van der Waals surface area (Å²) >= 11 is 0. The van der Waals surface area contributed by atoms with Gasteiger partial charge in [0.25, 0.3) is 0 Å². The van der Waals surface area contributed by atoms with E-state index in [9.17, 15) is 45.6 Å². The molecule has 14 heteroatoms. The summed E-state index contributed by atoms with van der Waals surface area (Å²) in [6, 6.07) is -0.830. The maximum Gasteiger partial charge on any atom is 0.220 e. The van der Waals surface area contributed by atoms with Gasteiger partial charge in [0.2, 0.25) is 5.91 Å². The van der Waals surface area contributed by atoms with Crippen LogP contribution >= 0.6 is 0 Å². The van der Waals surface area contributed by atoms with Crippen LogP contribution in [0.5, 0.6) is 0 Å².